The summed E-state index contributed by atoms with van der Waals surface area (Å²) < 4.78 is 40.9. The summed E-state index contributed by atoms with van der Waals surface area (Å²) in [6.07, 6.45) is -2.39. The Kier molecular flexibility index (Phi) is 3.20. The zero-order valence-corrected chi connectivity index (χ0v) is 11.4. The molecular formula is C16H13F3N2. The van der Waals surface area contributed by atoms with Gasteiger partial charge in [0.1, 0.15) is 5.65 Å². The molecule has 108 valence electrons. The minimum absolute atomic E-state index is 0.163. The molecule has 0 unspecified atom stereocenters. The molecule has 0 saturated carbocycles. The molecule has 1 aromatic carbocycles. The summed E-state index contributed by atoms with van der Waals surface area (Å²) in [5.74, 6) is 0. The normalized spacial score (nSPS) is 12.0. The topological polar surface area (TPSA) is 17.3 Å². The van der Waals surface area contributed by atoms with Crippen LogP contribution in [0.3, 0.4) is 0 Å². The molecular weight excluding hydrogens is 277 g/mol. The van der Waals surface area contributed by atoms with Crippen molar-refractivity contribution in [2.75, 3.05) is 0 Å². The molecule has 0 spiro atoms. The fraction of sp³-hybridized carbons (Fsp3) is 0.188. The highest BCUT2D eigenvalue weighted by atomic mass is 19.4. The Morgan fingerprint density at radius 1 is 1.05 bits per heavy atom. The second kappa shape index (κ2) is 4.91. The molecule has 0 amide bonds. The largest absolute Gasteiger partial charge is 0.416 e. The number of hydrogen-bond donors (Lipinski definition) is 0. The number of benzene rings is 1. The Bertz CT molecular complexity index is 788. The highest BCUT2D eigenvalue weighted by Gasteiger charge is 2.32. The summed E-state index contributed by atoms with van der Waals surface area (Å²) in [7, 11) is 0. The van der Waals surface area contributed by atoms with Crippen LogP contribution in [0, 0.1) is 6.92 Å². The van der Waals surface area contributed by atoms with Gasteiger partial charge in [-0.2, -0.15) is 13.2 Å². The lowest BCUT2D eigenvalue weighted by molar-refractivity contribution is -0.138. The molecule has 0 N–H and O–H groups in total. The molecule has 0 atom stereocenters. The summed E-state index contributed by atoms with van der Waals surface area (Å²) in [5.41, 5.74) is 2.01. The van der Waals surface area contributed by atoms with E-state index in [1.807, 2.05) is 29.5 Å². The third kappa shape index (κ3) is 2.63. The fourth-order valence-corrected chi connectivity index (χ4v) is 2.43. The summed E-state index contributed by atoms with van der Waals surface area (Å²) in [4.78, 5) is 4.39. The van der Waals surface area contributed by atoms with Gasteiger partial charge in [0, 0.05) is 18.3 Å². The molecule has 3 rings (SSSR count). The number of hydrogen-bond acceptors (Lipinski definition) is 1. The van der Waals surface area contributed by atoms with E-state index in [0.29, 0.717) is 5.69 Å². The van der Waals surface area contributed by atoms with Crippen LogP contribution in [-0.2, 0) is 12.6 Å². The van der Waals surface area contributed by atoms with Crippen LogP contribution in [0.5, 0.6) is 0 Å². The molecule has 0 radical (unpaired) electrons. The average molecular weight is 290 g/mol. The van der Waals surface area contributed by atoms with Gasteiger partial charge in [-0.15, -0.1) is 0 Å². The van der Waals surface area contributed by atoms with E-state index in [1.165, 1.54) is 12.1 Å². The number of imidazole rings is 1. The van der Waals surface area contributed by atoms with Crippen LogP contribution in [0.25, 0.3) is 5.65 Å². The van der Waals surface area contributed by atoms with Gasteiger partial charge >= 0.3 is 6.18 Å². The van der Waals surface area contributed by atoms with E-state index in [-0.39, 0.29) is 12.0 Å². The minimum Gasteiger partial charge on any atom is -0.304 e. The molecule has 5 heteroatoms. The molecule has 21 heavy (non-hydrogen) atoms. The summed E-state index contributed by atoms with van der Waals surface area (Å²) in [6, 6.07) is 11.3. The Balaban J connectivity index is 2.01. The fourth-order valence-electron chi connectivity index (χ4n) is 2.43. The number of nitrogens with zero attached hydrogens (tertiary/aromatic N) is 2. The third-order valence-electron chi connectivity index (χ3n) is 3.44. The quantitative estimate of drug-likeness (QED) is 0.689. The minimum atomic E-state index is -4.34. The molecule has 0 aliphatic heterocycles. The van der Waals surface area contributed by atoms with Crippen molar-refractivity contribution in [1.29, 1.82) is 0 Å². The highest BCUT2D eigenvalue weighted by molar-refractivity contribution is 5.43. The van der Waals surface area contributed by atoms with Gasteiger partial charge < -0.3 is 4.40 Å². The van der Waals surface area contributed by atoms with Gasteiger partial charge in [-0.25, -0.2) is 4.98 Å². The first-order valence-corrected chi connectivity index (χ1v) is 6.54. The molecule has 0 aliphatic carbocycles. The smallest absolute Gasteiger partial charge is 0.304 e. The van der Waals surface area contributed by atoms with E-state index in [0.717, 1.165) is 17.4 Å². The lowest BCUT2D eigenvalue weighted by Crippen LogP contribution is -2.09. The molecule has 0 saturated heterocycles. The van der Waals surface area contributed by atoms with Crippen molar-refractivity contribution in [3.8, 4) is 0 Å². The third-order valence-corrected chi connectivity index (χ3v) is 3.44. The number of aromatic nitrogens is 2. The average Bonchev–Trinajstić information content (AvgIpc) is 2.82. The molecule has 2 heterocycles. The van der Waals surface area contributed by atoms with Crippen molar-refractivity contribution in [2.24, 2.45) is 0 Å². The number of pyridine rings is 1. The number of halogens is 3. The van der Waals surface area contributed by atoms with Crippen LogP contribution in [0.4, 0.5) is 13.2 Å². The Hall–Kier alpha value is -2.30. The first kappa shape index (κ1) is 13.7. The Morgan fingerprint density at radius 2 is 1.81 bits per heavy atom. The number of alkyl halides is 3. The van der Waals surface area contributed by atoms with Gasteiger partial charge in [0.2, 0.25) is 0 Å². The highest BCUT2D eigenvalue weighted by Crippen LogP contribution is 2.32. The van der Waals surface area contributed by atoms with Gasteiger partial charge in [0.15, 0.2) is 0 Å². The maximum Gasteiger partial charge on any atom is 0.416 e. The van der Waals surface area contributed by atoms with E-state index in [1.54, 1.807) is 12.3 Å². The predicted octanol–water partition coefficient (Wildman–Crippen LogP) is 4.25. The predicted molar refractivity (Wildman–Crippen MR) is 74.2 cm³/mol. The van der Waals surface area contributed by atoms with Crippen molar-refractivity contribution in [2.45, 2.75) is 19.5 Å². The summed E-state index contributed by atoms with van der Waals surface area (Å²) >= 11 is 0. The summed E-state index contributed by atoms with van der Waals surface area (Å²) in [6.45, 7) is 1.93. The maximum absolute atomic E-state index is 13.0. The standard InChI is InChI=1S/C16H13F3N2/c1-11-5-4-8-15-20-13(10-21(11)15)9-12-6-2-3-7-14(12)16(17,18)19/h2-8,10H,9H2,1H3. The second-order valence-corrected chi connectivity index (χ2v) is 4.96. The molecule has 2 nitrogen and oxygen atoms in total. The van der Waals surface area contributed by atoms with Crippen molar-refractivity contribution in [1.82, 2.24) is 9.38 Å². The van der Waals surface area contributed by atoms with Crippen LogP contribution < -0.4 is 0 Å². The van der Waals surface area contributed by atoms with Gasteiger partial charge in [0.05, 0.1) is 11.3 Å². The SMILES string of the molecule is Cc1cccc2nc(Cc3ccccc3C(F)(F)F)cn12. The van der Waals surface area contributed by atoms with Gasteiger partial charge in [-0.1, -0.05) is 24.3 Å². The number of aryl methyl sites for hydroxylation is 1. The monoisotopic (exact) mass is 290 g/mol. The Labute approximate surface area is 119 Å². The van der Waals surface area contributed by atoms with E-state index < -0.39 is 11.7 Å². The van der Waals surface area contributed by atoms with Gasteiger partial charge in [0.25, 0.3) is 0 Å². The lowest BCUT2D eigenvalue weighted by Gasteiger charge is -2.11. The molecule has 2 aromatic heterocycles. The zero-order valence-electron chi connectivity index (χ0n) is 11.4. The molecule has 3 aromatic rings. The van der Waals surface area contributed by atoms with Crippen molar-refractivity contribution in [3.63, 3.8) is 0 Å². The zero-order chi connectivity index (χ0) is 15.0. The maximum atomic E-state index is 13.0. The second-order valence-electron chi connectivity index (χ2n) is 4.96. The van der Waals surface area contributed by atoms with Gasteiger partial charge in [-0.3, -0.25) is 0 Å². The Morgan fingerprint density at radius 3 is 2.52 bits per heavy atom. The van der Waals surface area contributed by atoms with Crippen LogP contribution in [0.15, 0.2) is 48.7 Å². The number of fused-ring (bicyclic) bond motifs is 1. The van der Waals surface area contributed by atoms with E-state index >= 15 is 0 Å². The van der Waals surface area contributed by atoms with Crippen LogP contribution >= 0.6 is 0 Å². The van der Waals surface area contributed by atoms with Crippen LogP contribution in [0.1, 0.15) is 22.5 Å². The first-order chi connectivity index (χ1) is 9.95. The van der Waals surface area contributed by atoms with Crippen molar-refractivity contribution >= 4 is 5.65 Å². The van der Waals surface area contributed by atoms with Crippen LogP contribution in [0.2, 0.25) is 0 Å². The van der Waals surface area contributed by atoms with E-state index in [9.17, 15) is 13.2 Å². The van der Waals surface area contributed by atoms with Crippen molar-refractivity contribution < 1.29 is 13.2 Å². The molecule has 0 aliphatic rings. The number of rotatable bonds is 2. The van der Waals surface area contributed by atoms with Crippen molar-refractivity contribution in [3.05, 3.63) is 71.2 Å². The molecule has 0 fully saturated rings. The van der Waals surface area contributed by atoms with E-state index in [2.05, 4.69) is 4.98 Å². The van der Waals surface area contributed by atoms with Gasteiger partial charge in [-0.05, 0) is 30.7 Å². The molecule has 0 bridgehead atoms. The van der Waals surface area contributed by atoms with Crippen LogP contribution in [-0.4, -0.2) is 9.38 Å². The summed E-state index contributed by atoms with van der Waals surface area (Å²) in [5, 5.41) is 0. The lowest BCUT2D eigenvalue weighted by atomic mass is 10.0. The first-order valence-electron chi connectivity index (χ1n) is 6.54. The van der Waals surface area contributed by atoms with E-state index in [4.69, 9.17) is 0 Å².